The minimum Gasteiger partial charge on any atom is -0.503 e. The summed E-state index contributed by atoms with van der Waals surface area (Å²) in [6.45, 7) is 4.90. The van der Waals surface area contributed by atoms with Gasteiger partial charge in [0.25, 0.3) is 11.8 Å². The maximum absolute atomic E-state index is 13.3. The lowest BCUT2D eigenvalue weighted by atomic mass is 10.0. The molecule has 0 saturated carbocycles. The number of β-lactam (4-membered cyclic amide) rings is 1. The van der Waals surface area contributed by atoms with Crippen LogP contribution in [-0.4, -0.2) is 102 Å². The van der Waals surface area contributed by atoms with Gasteiger partial charge in [0, 0.05) is 49.2 Å². The van der Waals surface area contributed by atoms with Crippen LogP contribution in [0.1, 0.15) is 32.2 Å². The Morgan fingerprint density at radius 3 is 2.60 bits per heavy atom. The predicted octanol–water partition coefficient (Wildman–Crippen LogP) is 0.0626. The van der Waals surface area contributed by atoms with Crippen molar-refractivity contribution in [2.24, 2.45) is 12.2 Å². The number of hydrogen-bond donors (Lipinski definition) is 4. The van der Waals surface area contributed by atoms with Crippen molar-refractivity contribution < 1.29 is 39.0 Å². The molecular weight excluding hydrogens is 630 g/mol. The van der Waals surface area contributed by atoms with Gasteiger partial charge in [0.2, 0.25) is 12.0 Å². The van der Waals surface area contributed by atoms with Crippen LogP contribution in [0.25, 0.3) is 0 Å². The third kappa shape index (κ3) is 7.81. The highest BCUT2D eigenvalue weighted by molar-refractivity contribution is 8.00. The van der Waals surface area contributed by atoms with Crippen molar-refractivity contribution in [2.45, 2.75) is 44.3 Å². The molecule has 0 aliphatic carbocycles. The van der Waals surface area contributed by atoms with Crippen molar-refractivity contribution in [3.05, 3.63) is 50.5 Å². The molecule has 0 radical (unpaired) electrons. The van der Waals surface area contributed by atoms with E-state index < -0.39 is 52.8 Å². The molecule has 2 aliphatic heterocycles. The first-order chi connectivity index (χ1) is 21.1. The maximum atomic E-state index is 13.3. The fourth-order valence-corrected chi connectivity index (χ4v) is 6.49. The summed E-state index contributed by atoms with van der Waals surface area (Å²) in [5.41, 5.74) is 5.04. The van der Waals surface area contributed by atoms with E-state index in [9.17, 15) is 34.2 Å². The molecule has 1 fully saturated rings. The molecule has 2 atom stereocenters. The Bertz CT molecular complexity index is 1640. The molecule has 242 valence electrons. The average molecular weight is 664 g/mol. The van der Waals surface area contributed by atoms with Gasteiger partial charge in [-0.15, -0.1) is 23.1 Å². The monoisotopic (exact) mass is 663 g/mol. The van der Waals surface area contributed by atoms with E-state index >= 15 is 0 Å². The van der Waals surface area contributed by atoms with E-state index in [0.717, 1.165) is 16.2 Å². The molecule has 2 aliphatic rings. The lowest BCUT2D eigenvalue weighted by Gasteiger charge is -2.49. The fraction of sp³-hybridized carbons (Fsp3) is 0.444. The second-order valence-electron chi connectivity index (χ2n) is 11.3. The van der Waals surface area contributed by atoms with Crippen molar-refractivity contribution in [1.82, 2.24) is 24.7 Å². The van der Waals surface area contributed by atoms with Crippen molar-refractivity contribution in [3.63, 3.8) is 0 Å². The van der Waals surface area contributed by atoms with E-state index in [1.165, 1.54) is 29.4 Å². The summed E-state index contributed by atoms with van der Waals surface area (Å²) in [6, 6.07) is 0.228. The highest BCUT2D eigenvalue weighted by atomic mass is 32.2. The summed E-state index contributed by atoms with van der Waals surface area (Å²) in [4.78, 5) is 74.8. The topological polar surface area (TPSA) is 219 Å². The Labute approximate surface area is 265 Å². The van der Waals surface area contributed by atoms with Crippen molar-refractivity contribution in [2.75, 3.05) is 31.7 Å². The lowest BCUT2D eigenvalue weighted by molar-refractivity contribution is -0.160. The number of thioether (sulfide) groups is 1. The number of likely N-dealkylation sites (N-methyl/N-ethyl adjacent to an activating group) is 1. The molecule has 1 saturated heterocycles. The van der Waals surface area contributed by atoms with Gasteiger partial charge in [0.05, 0.1) is 0 Å². The van der Waals surface area contributed by atoms with Crippen LogP contribution in [-0.2, 0) is 42.3 Å². The summed E-state index contributed by atoms with van der Waals surface area (Å²) in [5.74, 6) is -3.61. The number of aryl methyl sites for hydroxylation is 1. The first-order valence-electron chi connectivity index (χ1n) is 13.5. The minimum absolute atomic E-state index is 0.0571. The zero-order valence-corrected chi connectivity index (χ0v) is 26.7. The number of anilines is 1. The van der Waals surface area contributed by atoms with E-state index in [0.29, 0.717) is 11.3 Å². The van der Waals surface area contributed by atoms with Crippen LogP contribution >= 0.6 is 23.1 Å². The number of carboxylic acid groups (broad SMARTS) is 1. The fourth-order valence-electron chi connectivity index (χ4n) is 4.61. The zero-order valence-electron chi connectivity index (χ0n) is 25.1. The summed E-state index contributed by atoms with van der Waals surface area (Å²) in [6.07, 6.45) is 1.30. The second kappa shape index (κ2) is 13.3. The van der Waals surface area contributed by atoms with E-state index in [2.05, 4.69) is 15.5 Å². The largest absolute Gasteiger partial charge is 0.503 e. The van der Waals surface area contributed by atoms with Crippen LogP contribution in [0.2, 0.25) is 0 Å². The number of esters is 1. The standard InChI is InChI=1S/C27H33N7O9S2/c1-27(2,3)43-18(37)10-42-31-19(15-12-45-26(28)29-15)22(38)30-20-23(39)34-21(25(40)41)13(11-44-24(20)34)7-32(4)8-14-6-16(35)17(36)9-33(14)5/h6,9,12,20,24,36H,7-8,10-11H2,1-5H3,(H2,28,29)(H,30,38)(H,40,41)/t20-,24+/m1/s1. The summed E-state index contributed by atoms with van der Waals surface area (Å²) >= 11 is 2.32. The van der Waals surface area contributed by atoms with Gasteiger partial charge in [0.1, 0.15) is 28.4 Å². The number of nitrogen functional groups attached to an aromatic ring is 1. The number of aromatic hydroxyl groups is 1. The number of thiazole rings is 1. The number of fused-ring (bicyclic) bond motifs is 1. The summed E-state index contributed by atoms with van der Waals surface area (Å²) < 4.78 is 6.76. The van der Waals surface area contributed by atoms with Gasteiger partial charge in [-0.2, -0.15) is 0 Å². The number of nitrogens with zero attached hydrogens (tertiary/aromatic N) is 5. The summed E-state index contributed by atoms with van der Waals surface area (Å²) in [7, 11) is 3.41. The molecule has 0 aromatic carbocycles. The Morgan fingerprint density at radius 2 is 1.98 bits per heavy atom. The molecule has 0 spiro atoms. The van der Waals surface area contributed by atoms with Gasteiger partial charge in [0.15, 0.2) is 16.6 Å². The Balaban J connectivity index is 1.47. The Kier molecular flexibility index (Phi) is 9.89. The molecule has 4 heterocycles. The molecule has 5 N–H and O–H groups in total. The Morgan fingerprint density at radius 1 is 1.27 bits per heavy atom. The first kappa shape index (κ1) is 33.5. The van der Waals surface area contributed by atoms with E-state index in [4.69, 9.17) is 15.3 Å². The van der Waals surface area contributed by atoms with Gasteiger partial charge in [-0.25, -0.2) is 14.6 Å². The number of carbonyl (C=O) groups is 4. The zero-order chi connectivity index (χ0) is 33.2. The molecular formula is C27H33N7O9S2. The number of carboxylic acids is 1. The molecule has 0 unspecified atom stereocenters. The van der Waals surface area contributed by atoms with E-state index in [1.54, 1.807) is 44.3 Å². The molecule has 45 heavy (non-hydrogen) atoms. The highest BCUT2D eigenvalue weighted by Crippen LogP contribution is 2.40. The van der Waals surface area contributed by atoms with Gasteiger partial charge in [-0.1, -0.05) is 5.16 Å². The molecule has 4 rings (SSSR count). The van der Waals surface area contributed by atoms with Gasteiger partial charge in [-0.05, 0) is 33.4 Å². The molecule has 0 bridgehead atoms. The second-order valence-corrected chi connectivity index (χ2v) is 13.3. The van der Waals surface area contributed by atoms with Crippen LogP contribution in [0.3, 0.4) is 0 Å². The molecule has 2 aromatic rings. The smallest absolute Gasteiger partial charge is 0.352 e. The van der Waals surface area contributed by atoms with E-state index in [-0.39, 0.29) is 46.8 Å². The highest BCUT2D eigenvalue weighted by Gasteiger charge is 2.54. The van der Waals surface area contributed by atoms with Gasteiger partial charge in [-0.3, -0.25) is 24.2 Å². The number of pyridine rings is 1. The number of hydrogen-bond acceptors (Lipinski definition) is 14. The normalized spacial score (nSPS) is 18.4. The number of nitrogens with one attached hydrogen (secondary N) is 1. The molecule has 16 nitrogen and oxygen atoms in total. The quantitative estimate of drug-likeness (QED) is 0.108. The third-order valence-corrected chi connectivity index (χ3v) is 8.50. The van der Waals surface area contributed by atoms with Crippen LogP contribution < -0.4 is 16.5 Å². The van der Waals surface area contributed by atoms with Gasteiger partial charge >= 0.3 is 11.9 Å². The number of aromatic nitrogens is 2. The maximum Gasteiger partial charge on any atom is 0.352 e. The van der Waals surface area contributed by atoms with Crippen LogP contribution in [0, 0.1) is 0 Å². The van der Waals surface area contributed by atoms with Crippen LogP contribution in [0.4, 0.5) is 5.13 Å². The molecule has 2 amide bonds. The number of amides is 2. The van der Waals surface area contributed by atoms with Crippen molar-refractivity contribution >= 4 is 57.7 Å². The number of rotatable bonds is 11. The average Bonchev–Trinajstić information content (AvgIpc) is 3.36. The number of carbonyl (C=O) groups excluding carboxylic acids is 3. The first-order valence-corrected chi connectivity index (χ1v) is 15.4. The SMILES string of the molecule is CN(CC1=C(C(=O)O)N2C(=O)[C@@H](NC(=O)C(=NOCC(=O)OC(C)(C)C)c3csc(N)n3)[C@@H]2SC1)Cc1cc(=O)c(O)cn1C. The number of ether oxygens (including phenoxy) is 1. The molecule has 2 aromatic heterocycles. The van der Waals surface area contributed by atoms with Crippen molar-refractivity contribution in [1.29, 1.82) is 0 Å². The van der Waals surface area contributed by atoms with Crippen LogP contribution in [0.5, 0.6) is 5.75 Å². The Hall–Kier alpha value is -4.42. The number of nitrogens with two attached hydrogens (primary N) is 1. The third-order valence-electron chi connectivity index (χ3n) is 6.49. The summed E-state index contributed by atoms with van der Waals surface area (Å²) in [5, 5.41) is 26.9. The molecule has 18 heteroatoms. The number of aliphatic carboxylic acids is 1. The van der Waals surface area contributed by atoms with E-state index in [1.807, 2.05) is 0 Å². The lowest BCUT2D eigenvalue weighted by Crippen LogP contribution is -2.71. The van der Waals surface area contributed by atoms with Gasteiger partial charge < -0.3 is 35.4 Å². The van der Waals surface area contributed by atoms with Crippen molar-refractivity contribution in [3.8, 4) is 5.75 Å². The number of oxime groups is 1. The van der Waals surface area contributed by atoms with Crippen LogP contribution in [0.15, 0.2) is 38.9 Å². The predicted molar refractivity (Wildman–Crippen MR) is 164 cm³/mol. The minimum atomic E-state index is -1.30.